The van der Waals surface area contributed by atoms with Crippen LogP contribution in [0.3, 0.4) is 0 Å². The molecule has 0 bridgehead atoms. The molecular formula is C14H26ClN3O2. The normalized spacial score (nSPS) is 37.6. The molecule has 0 aromatic rings. The second-order valence-electron chi connectivity index (χ2n) is 6.31. The standard InChI is InChI=1S/C14H25N3O2.ClH/c1-16-5-6-19-13-9-17(8-12(13)16)14(18)7-10-3-2-4-11(10)15;/h10-13H,2-9,15H2,1H3;1H/t10-,11+,12?,13?;/m0./s1. The number of hydrogen-bond donors (Lipinski definition) is 1. The van der Waals surface area contributed by atoms with E-state index in [4.69, 9.17) is 10.5 Å². The number of nitrogens with zero attached hydrogens (tertiary/aromatic N) is 2. The molecule has 2 saturated heterocycles. The molecule has 0 aromatic heterocycles. The smallest absolute Gasteiger partial charge is 0.223 e. The molecule has 1 saturated carbocycles. The van der Waals surface area contributed by atoms with E-state index in [9.17, 15) is 4.79 Å². The quantitative estimate of drug-likeness (QED) is 0.805. The first-order valence-electron chi connectivity index (χ1n) is 7.50. The molecule has 0 spiro atoms. The zero-order valence-electron chi connectivity index (χ0n) is 12.2. The molecule has 1 amide bonds. The molecule has 20 heavy (non-hydrogen) atoms. The number of ether oxygens (including phenoxy) is 1. The summed E-state index contributed by atoms with van der Waals surface area (Å²) in [5, 5.41) is 0. The fourth-order valence-corrected chi connectivity index (χ4v) is 3.73. The van der Waals surface area contributed by atoms with E-state index in [1.807, 2.05) is 4.90 Å². The molecule has 3 fully saturated rings. The number of rotatable bonds is 2. The number of likely N-dealkylation sites (tertiary alicyclic amines) is 1. The molecule has 0 aromatic carbocycles. The van der Waals surface area contributed by atoms with Gasteiger partial charge in [0.15, 0.2) is 0 Å². The molecule has 2 N–H and O–H groups in total. The number of halogens is 1. The predicted molar refractivity (Wildman–Crippen MR) is 79.9 cm³/mol. The van der Waals surface area contributed by atoms with E-state index in [2.05, 4.69) is 11.9 Å². The van der Waals surface area contributed by atoms with Gasteiger partial charge in [-0.1, -0.05) is 6.42 Å². The van der Waals surface area contributed by atoms with Gasteiger partial charge in [0.2, 0.25) is 5.91 Å². The molecule has 116 valence electrons. The lowest BCUT2D eigenvalue weighted by atomic mass is 9.99. The molecule has 3 aliphatic rings. The SMILES string of the molecule is CN1CCOC2CN(C(=O)C[C@@H]3CCC[C@H]3N)CC21.Cl. The zero-order chi connectivity index (χ0) is 13.4. The van der Waals surface area contributed by atoms with Crippen molar-refractivity contribution >= 4 is 18.3 Å². The lowest BCUT2D eigenvalue weighted by Gasteiger charge is -2.33. The van der Waals surface area contributed by atoms with Gasteiger partial charge >= 0.3 is 0 Å². The van der Waals surface area contributed by atoms with Gasteiger partial charge in [-0.2, -0.15) is 0 Å². The largest absolute Gasteiger partial charge is 0.373 e. The first-order chi connectivity index (χ1) is 9.15. The highest BCUT2D eigenvalue weighted by molar-refractivity contribution is 5.85. The van der Waals surface area contributed by atoms with Crippen molar-refractivity contribution in [3.8, 4) is 0 Å². The summed E-state index contributed by atoms with van der Waals surface area (Å²) in [6, 6.07) is 0.614. The Morgan fingerprint density at radius 1 is 1.35 bits per heavy atom. The topological polar surface area (TPSA) is 58.8 Å². The predicted octanol–water partition coefficient (Wildman–Crippen LogP) is 0.467. The maximum Gasteiger partial charge on any atom is 0.223 e. The maximum atomic E-state index is 12.4. The number of likely N-dealkylation sites (N-methyl/N-ethyl adjacent to an activating group) is 1. The average molecular weight is 304 g/mol. The molecule has 1 aliphatic carbocycles. The van der Waals surface area contributed by atoms with E-state index in [-0.39, 0.29) is 30.5 Å². The summed E-state index contributed by atoms with van der Waals surface area (Å²) in [5.74, 6) is 0.669. The summed E-state index contributed by atoms with van der Waals surface area (Å²) in [5.41, 5.74) is 6.06. The lowest BCUT2D eigenvalue weighted by molar-refractivity contribution is -0.131. The van der Waals surface area contributed by atoms with Crippen LogP contribution in [0, 0.1) is 5.92 Å². The number of amides is 1. The van der Waals surface area contributed by atoms with Crippen molar-refractivity contribution in [3.63, 3.8) is 0 Å². The van der Waals surface area contributed by atoms with Crippen molar-refractivity contribution in [2.45, 2.75) is 43.9 Å². The van der Waals surface area contributed by atoms with Crippen LogP contribution in [0.5, 0.6) is 0 Å². The van der Waals surface area contributed by atoms with Crippen LogP contribution in [-0.2, 0) is 9.53 Å². The van der Waals surface area contributed by atoms with E-state index < -0.39 is 0 Å². The Labute approximate surface area is 127 Å². The summed E-state index contributed by atoms with van der Waals surface area (Å²) in [7, 11) is 2.13. The third-order valence-electron chi connectivity index (χ3n) is 5.09. The molecule has 2 aliphatic heterocycles. The highest BCUT2D eigenvalue weighted by atomic mass is 35.5. The van der Waals surface area contributed by atoms with Crippen molar-refractivity contribution in [2.24, 2.45) is 11.7 Å². The molecular weight excluding hydrogens is 278 g/mol. The van der Waals surface area contributed by atoms with Gasteiger partial charge in [0.25, 0.3) is 0 Å². The third kappa shape index (κ3) is 3.11. The van der Waals surface area contributed by atoms with Crippen LogP contribution in [0.25, 0.3) is 0 Å². The van der Waals surface area contributed by atoms with E-state index in [0.29, 0.717) is 18.4 Å². The van der Waals surface area contributed by atoms with E-state index in [1.54, 1.807) is 0 Å². The Bertz CT molecular complexity index is 355. The van der Waals surface area contributed by atoms with Crippen LogP contribution in [0.1, 0.15) is 25.7 Å². The average Bonchev–Trinajstić information content (AvgIpc) is 2.97. The molecule has 6 heteroatoms. The lowest BCUT2D eigenvalue weighted by Crippen LogP contribution is -2.48. The van der Waals surface area contributed by atoms with Crippen LogP contribution in [0.4, 0.5) is 0 Å². The summed E-state index contributed by atoms with van der Waals surface area (Å²) in [6.07, 6.45) is 4.21. The molecule has 2 unspecified atom stereocenters. The Morgan fingerprint density at radius 3 is 2.80 bits per heavy atom. The molecule has 3 rings (SSSR count). The van der Waals surface area contributed by atoms with Crippen LogP contribution in [-0.4, -0.2) is 67.2 Å². The Hall–Kier alpha value is -0.360. The third-order valence-corrected chi connectivity index (χ3v) is 5.09. The fraction of sp³-hybridized carbons (Fsp3) is 0.929. The Kier molecular flexibility index (Phi) is 5.29. The minimum atomic E-state index is 0. The van der Waals surface area contributed by atoms with Gasteiger partial charge in [0.05, 0.1) is 18.8 Å². The first-order valence-corrected chi connectivity index (χ1v) is 7.50. The summed E-state index contributed by atoms with van der Waals surface area (Å²) >= 11 is 0. The molecule has 2 heterocycles. The highest BCUT2D eigenvalue weighted by Crippen LogP contribution is 2.29. The first kappa shape index (κ1) is 16.0. The van der Waals surface area contributed by atoms with Gasteiger partial charge in [0, 0.05) is 32.1 Å². The summed E-state index contributed by atoms with van der Waals surface area (Å²) in [6.45, 7) is 3.33. The minimum Gasteiger partial charge on any atom is -0.373 e. The van der Waals surface area contributed by atoms with Crippen LogP contribution in [0.2, 0.25) is 0 Å². The number of carbonyl (C=O) groups is 1. The van der Waals surface area contributed by atoms with Gasteiger partial charge < -0.3 is 15.4 Å². The fourth-order valence-electron chi connectivity index (χ4n) is 3.73. The second kappa shape index (κ2) is 6.60. The monoisotopic (exact) mass is 303 g/mol. The molecule has 5 nitrogen and oxygen atoms in total. The van der Waals surface area contributed by atoms with Gasteiger partial charge in [-0.3, -0.25) is 9.69 Å². The van der Waals surface area contributed by atoms with Gasteiger partial charge in [-0.25, -0.2) is 0 Å². The number of nitrogens with two attached hydrogens (primary N) is 1. The van der Waals surface area contributed by atoms with Crippen LogP contribution in [0.15, 0.2) is 0 Å². The van der Waals surface area contributed by atoms with Crippen LogP contribution >= 0.6 is 12.4 Å². The van der Waals surface area contributed by atoms with Crippen LogP contribution < -0.4 is 5.73 Å². The zero-order valence-corrected chi connectivity index (χ0v) is 13.0. The van der Waals surface area contributed by atoms with E-state index in [1.165, 1.54) is 6.42 Å². The number of carbonyl (C=O) groups excluding carboxylic acids is 1. The highest BCUT2D eigenvalue weighted by Gasteiger charge is 2.41. The number of fused-ring (bicyclic) bond motifs is 1. The van der Waals surface area contributed by atoms with E-state index in [0.717, 1.165) is 39.1 Å². The van der Waals surface area contributed by atoms with Gasteiger partial charge in [0.1, 0.15) is 0 Å². The summed E-state index contributed by atoms with van der Waals surface area (Å²) in [4.78, 5) is 16.7. The van der Waals surface area contributed by atoms with Crippen molar-refractivity contribution in [2.75, 3.05) is 33.3 Å². The molecule has 4 atom stereocenters. The number of morpholine rings is 1. The van der Waals surface area contributed by atoms with Crippen molar-refractivity contribution in [1.29, 1.82) is 0 Å². The van der Waals surface area contributed by atoms with Gasteiger partial charge in [-0.05, 0) is 25.8 Å². The summed E-state index contributed by atoms with van der Waals surface area (Å²) < 4.78 is 5.78. The molecule has 0 radical (unpaired) electrons. The van der Waals surface area contributed by atoms with Crippen molar-refractivity contribution in [3.05, 3.63) is 0 Å². The minimum absolute atomic E-state index is 0. The number of hydrogen-bond acceptors (Lipinski definition) is 4. The van der Waals surface area contributed by atoms with Gasteiger partial charge in [-0.15, -0.1) is 12.4 Å². The van der Waals surface area contributed by atoms with Crippen molar-refractivity contribution in [1.82, 2.24) is 9.80 Å². The van der Waals surface area contributed by atoms with E-state index >= 15 is 0 Å². The second-order valence-corrected chi connectivity index (χ2v) is 6.31. The van der Waals surface area contributed by atoms with Crippen molar-refractivity contribution < 1.29 is 9.53 Å². The maximum absolute atomic E-state index is 12.4. The Balaban J connectivity index is 0.00000147. The Morgan fingerprint density at radius 2 is 2.15 bits per heavy atom.